The van der Waals surface area contributed by atoms with Crippen molar-refractivity contribution in [3.05, 3.63) is 59.9 Å². The van der Waals surface area contributed by atoms with Crippen molar-refractivity contribution in [3.63, 3.8) is 0 Å². The lowest BCUT2D eigenvalue weighted by atomic mass is 9.97. The Morgan fingerprint density at radius 3 is 2.07 bits per heavy atom. The average Bonchev–Trinajstić information content (AvgIpc) is 2.66. The van der Waals surface area contributed by atoms with E-state index in [1.165, 1.54) is 0 Å². The zero-order valence-corrected chi connectivity index (χ0v) is 17.1. The van der Waals surface area contributed by atoms with E-state index in [1.54, 1.807) is 26.2 Å². The molecule has 0 saturated carbocycles. The van der Waals surface area contributed by atoms with Crippen LogP contribution in [0.25, 0.3) is 0 Å². The van der Waals surface area contributed by atoms with Gasteiger partial charge in [0, 0.05) is 12.4 Å². The van der Waals surface area contributed by atoms with Gasteiger partial charge >= 0.3 is 0 Å². The summed E-state index contributed by atoms with van der Waals surface area (Å²) in [4.78, 5) is 28.0. The molecule has 2 atom stereocenters. The summed E-state index contributed by atoms with van der Waals surface area (Å²) in [6.45, 7) is 7.77. The molecule has 0 fully saturated rings. The van der Waals surface area contributed by atoms with Gasteiger partial charge in [-0.15, -0.1) is 0 Å². The minimum atomic E-state index is -0.378. The van der Waals surface area contributed by atoms with Crippen LogP contribution in [-0.2, 0) is 22.6 Å². The van der Waals surface area contributed by atoms with Crippen molar-refractivity contribution in [2.75, 3.05) is 0 Å². The zero-order valence-electron chi connectivity index (χ0n) is 17.1. The summed E-state index contributed by atoms with van der Waals surface area (Å²) in [5.41, 5.74) is 2.08. The summed E-state index contributed by atoms with van der Waals surface area (Å²) >= 11 is 0. The fraction of sp³-hybridized carbons (Fsp3) is 0.435. The number of hydrogen-bond donors (Lipinski definition) is 1. The predicted molar refractivity (Wildman–Crippen MR) is 110 cm³/mol. The van der Waals surface area contributed by atoms with Crippen molar-refractivity contribution in [1.29, 1.82) is 0 Å². The van der Waals surface area contributed by atoms with Gasteiger partial charge in [-0.2, -0.15) is 0 Å². The molecule has 0 aliphatic rings. The molecule has 2 aromatic rings. The quantitative estimate of drug-likeness (QED) is 0.641. The molecular weight excluding hydrogens is 352 g/mol. The van der Waals surface area contributed by atoms with Crippen LogP contribution in [0.3, 0.4) is 0 Å². The number of carbonyl (C=O) groups is 2. The van der Waals surface area contributed by atoms with Crippen molar-refractivity contribution >= 4 is 11.6 Å². The van der Waals surface area contributed by atoms with E-state index < -0.39 is 0 Å². The number of benzene rings is 1. The van der Waals surface area contributed by atoms with Crippen LogP contribution >= 0.6 is 0 Å². The zero-order chi connectivity index (χ0) is 20.5. The van der Waals surface area contributed by atoms with Crippen LogP contribution in [0, 0.1) is 5.92 Å². The van der Waals surface area contributed by atoms with E-state index in [0.717, 1.165) is 23.3 Å². The Hall–Kier alpha value is -2.53. The molecule has 0 aliphatic carbocycles. The fourth-order valence-corrected chi connectivity index (χ4v) is 2.99. The van der Waals surface area contributed by atoms with Crippen LogP contribution in [0.2, 0.25) is 0 Å². The van der Waals surface area contributed by atoms with Crippen LogP contribution in [0.15, 0.2) is 48.8 Å². The minimum absolute atomic E-state index is 0.0352. The van der Waals surface area contributed by atoms with Gasteiger partial charge in [-0.05, 0) is 68.0 Å². The molecule has 150 valence electrons. The fourth-order valence-electron chi connectivity index (χ4n) is 2.99. The lowest BCUT2D eigenvalue weighted by Gasteiger charge is -2.24. The molecule has 0 aliphatic heterocycles. The number of nitrogens with zero attached hydrogens (tertiary/aromatic N) is 1. The highest BCUT2D eigenvalue weighted by molar-refractivity contribution is 5.85. The molecule has 0 amide bonds. The van der Waals surface area contributed by atoms with E-state index in [4.69, 9.17) is 4.74 Å². The Morgan fingerprint density at radius 1 is 0.929 bits per heavy atom. The standard InChI is InChI=1S/C23H30N2O3/c1-16(2)13-22(17(3)26)25-23(18(4)27)14-19-5-7-21(8-6-19)28-15-20-9-11-24-12-10-20/h5-12,16,22-23,25H,13-15H2,1-4H3/t22-,23-/m0/s1. The number of carbonyl (C=O) groups excluding carboxylic acids is 2. The highest BCUT2D eigenvalue weighted by Crippen LogP contribution is 2.16. The van der Waals surface area contributed by atoms with Crippen molar-refractivity contribution in [2.45, 2.75) is 59.2 Å². The number of pyridine rings is 1. The number of hydrogen-bond acceptors (Lipinski definition) is 5. The predicted octanol–water partition coefficient (Wildman–Crippen LogP) is 3.75. The minimum Gasteiger partial charge on any atom is -0.489 e. The van der Waals surface area contributed by atoms with Crippen LogP contribution in [0.1, 0.15) is 45.2 Å². The third-order valence-corrected chi connectivity index (χ3v) is 4.61. The number of rotatable bonds is 11. The SMILES string of the molecule is CC(=O)[C@H](Cc1ccc(OCc2ccncc2)cc1)N[C@@H](CC(C)C)C(C)=O. The van der Waals surface area contributed by atoms with Gasteiger partial charge in [0.2, 0.25) is 0 Å². The molecule has 28 heavy (non-hydrogen) atoms. The van der Waals surface area contributed by atoms with E-state index in [1.807, 2.05) is 36.4 Å². The van der Waals surface area contributed by atoms with Gasteiger partial charge in [0.15, 0.2) is 0 Å². The maximum absolute atomic E-state index is 12.1. The first-order valence-electron chi connectivity index (χ1n) is 9.72. The topological polar surface area (TPSA) is 68.3 Å². The van der Waals surface area contributed by atoms with E-state index in [0.29, 0.717) is 18.9 Å². The van der Waals surface area contributed by atoms with Crippen molar-refractivity contribution in [1.82, 2.24) is 10.3 Å². The molecule has 1 heterocycles. The van der Waals surface area contributed by atoms with E-state index in [2.05, 4.69) is 24.1 Å². The number of aromatic nitrogens is 1. The smallest absolute Gasteiger partial charge is 0.147 e. The van der Waals surface area contributed by atoms with Crippen LogP contribution in [0.5, 0.6) is 5.75 Å². The van der Waals surface area contributed by atoms with Crippen molar-refractivity contribution < 1.29 is 14.3 Å². The van der Waals surface area contributed by atoms with E-state index >= 15 is 0 Å². The molecule has 0 bridgehead atoms. The molecule has 5 nitrogen and oxygen atoms in total. The Morgan fingerprint density at radius 2 is 1.54 bits per heavy atom. The highest BCUT2D eigenvalue weighted by atomic mass is 16.5. The Kier molecular flexibility index (Phi) is 8.33. The third-order valence-electron chi connectivity index (χ3n) is 4.61. The van der Waals surface area contributed by atoms with Gasteiger partial charge < -0.3 is 4.74 Å². The van der Waals surface area contributed by atoms with Crippen LogP contribution in [-0.4, -0.2) is 28.6 Å². The summed E-state index contributed by atoms with van der Waals surface area (Å²) in [5, 5.41) is 3.26. The second-order valence-electron chi connectivity index (χ2n) is 7.61. The van der Waals surface area contributed by atoms with Crippen LogP contribution < -0.4 is 10.1 Å². The van der Waals surface area contributed by atoms with Gasteiger partial charge in [-0.3, -0.25) is 19.9 Å². The number of ketones is 2. The van der Waals surface area contributed by atoms with Crippen molar-refractivity contribution in [2.24, 2.45) is 5.92 Å². The Bertz CT molecular complexity index is 757. The Balaban J connectivity index is 1.97. The lowest BCUT2D eigenvalue weighted by Crippen LogP contribution is -2.47. The van der Waals surface area contributed by atoms with Crippen LogP contribution in [0.4, 0.5) is 0 Å². The second-order valence-corrected chi connectivity index (χ2v) is 7.61. The number of Topliss-reactive ketones (excluding diaryl/α,β-unsaturated/α-hetero) is 2. The Labute approximate surface area is 167 Å². The first kappa shape index (κ1) is 21.8. The maximum Gasteiger partial charge on any atom is 0.147 e. The molecule has 0 unspecified atom stereocenters. The second kappa shape index (κ2) is 10.7. The molecule has 0 radical (unpaired) electrons. The molecule has 0 spiro atoms. The first-order valence-corrected chi connectivity index (χ1v) is 9.72. The molecule has 1 aromatic heterocycles. The molecule has 0 saturated heterocycles. The third kappa shape index (κ3) is 7.24. The normalized spacial score (nSPS) is 13.2. The molecule has 5 heteroatoms. The summed E-state index contributed by atoms with van der Waals surface area (Å²) in [6, 6.07) is 10.9. The number of ether oxygens (including phenoxy) is 1. The van der Waals surface area contributed by atoms with Gasteiger partial charge in [-0.25, -0.2) is 0 Å². The molecule has 2 rings (SSSR count). The summed E-state index contributed by atoms with van der Waals surface area (Å²) in [7, 11) is 0. The molecule has 1 aromatic carbocycles. The van der Waals surface area contributed by atoms with E-state index in [-0.39, 0.29) is 23.7 Å². The summed E-state index contributed by atoms with van der Waals surface area (Å²) < 4.78 is 5.78. The van der Waals surface area contributed by atoms with Gasteiger partial charge in [0.25, 0.3) is 0 Å². The molecular formula is C23H30N2O3. The van der Waals surface area contributed by atoms with E-state index in [9.17, 15) is 9.59 Å². The van der Waals surface area contributed by atoms with Gasteiger partial charge in [0.1, 0.15) is 23.9 Å². The average molecular weight is 383 g/mol. The first-order chi connectivity index (χ1) is 13.3. The summed E-state index contributed by atoms with van der Waals surface area (Å²) in [6.07, 6.45) is 4.75. The molecule has 1 N–H and O–H groups in total. The van der Waals surface area contributed by atoms with Gasteiger partial charge in [0.05, 0.1) is 12.1 Å². The summed E-state index contributed by atoms with van der Waals surface area (Å²) in [5.74, 6) is 1.26. The van der Waals surface area contributed by atoms with Crippen molar-refractivity contribution in [3.8, 4) is 5.75 Å². The van der Waals surface area contributed by atoms with Gasteiger partial charge in [-0.1, -0.05) is 26.0 Å². The largest absolute Gasteiger partial charge is 0.489 e. The highest BCUT2D eigenvalue weighted by Gasteiger charge is 2.23. The maximum atomic E-state index is 12.1. The monoisotopic (exact) mass is 382 g/mol. The number of nitrogens with one attached hydrogen (secondary N) is 1. The lowest BCUT2D eigenvalue weighted by molar-refractivity contribution is -0.121.